The molecule has 1 heterocycles. The molecule has 0 bridgehead atoms. The number of carbonyl (C=O) groups is 1. The molecule has 1 aliphatic heterocycles. The highest BCUT2D eigenvalue weighted by Gasteiger charge is 2.24. The second-order valence-electron chi connectivity index (χ2n) is 6.29. The van der Waals surface area contributed by atoms with Crippen LogP contribution in [0, 0.1) is 0 Å². The van der Waals surface area contributed by atoms with E-state index in [9.17, 15) is 4.79 Å². The van der Waals surface area contributed by atoms with Gasteiger partial charge in [-0.05, 0) is 54.1 Å². The van der Waals surface area contributed by atoms with Crippen molar-refractivity contribution in [2.45, 2.75) is 6.61 Å². The Balaban J connectivity index is 1.46. The molecule has 0 fully saturated rings. The van der Waals surface area contributed by atoms with E-state index < -0.39 is 5.97 Å². The van der Waals surface area contributed by atoms with Crippen LogP contribution in [0.2, 0.25) is 0 Å². The SMILES string of the molecule is O=C1OC(c2ccc(Br)cc2)=N/C1=C\c1ccc(OCc2ccccc2Br)cc1. The highest BCUT2D eigenvalue weighted by Crippen LogP contribution is 2.23. The van der Waals surface area contributed by atoms with Gasteiger partial charge in [0.05, 0.1) is 0 Å². The zero-order valence-corrected chi connectivity index (χ0v) is 18.3. The highest BCUT2D eigenvalue weighted by atomic mass is 79.9. The second kappa shape index (κ2) is 8.76. The molecule has 0 aliphatic carbocycles. The minimum absolute atomic E-state index is 0.268. The van der Waals surface area contributed by atoms with E-state index in [1.165, 1.54) is 0 Å². The van der Waals surface area contributed by atoms with Crippen LogP contribution in [0.4, 0.5) is 0 Å². The van der Waals surface area contributed by atoms with Crippen LogP contribution < -0.4 is 4.74 Å². The summed E-state index contributed by atoms with van der Waals surface area (Å²) >= 11 is 6.90. The number of rotatable bonds is 5. The van der Waals surface area contributed by atoms with E-state index in [-0.39, 0.29) is 5.70 Å². The molecule has 6 heteroatoms. The predicted octanol–water partition coefficient (Wildman–Crippen LogP) is 6.14. The van der Waals surface area contributed by atoms with E-state index >= 15 is 0 Å². The molecule has 144 valence electrons. The van der Waals surface area contributed by atoms with Crippen molar-refractivity contribution in [3.05, 3.63) is 104 Å². The number of ether oxygens (including phenoxy) is 2. The monoisotopic (exact) mass is 511 g/mol. The van der Waals surface area contributed by atoms with Crippen LogP contribution in [0.1, 0.15) is 16.7 Å². The molecule has 0 aromatic heterocycles. The Hall–Kier alpha value is -2.70. The first-order chi connectivity index (χ1) is 14.1. The van der Waals surface area contributed by atoms with Gasteiger partial charge >= 0.3 is 5.97 Å². The van der Waals surface area contributed by atoms with E-state index in [0.29, 0.717) is 12.5 Å². The molecule has 0 spiro atoms. The third-order valence-electron chi connectivity index (χ3n) is 4.25. The van der Waals surface area contributed by atoms with E-state index in [2.05, 4.69) is 36.9 Å². The third kappa shape index (κ3) is 4.83. The summed E-state index contributed by atoms with van der Waals surface area (Å²) in [6.45, 7) is 0.467. The number of esters is 1. The standard InChI is InChI=1S/C23H15Br2NO3/c24-18-9-7-16(8-10-18)22-26-21(23(27)29-22)13-15-5-11-19(12-6-15)28-14-17-3-1-2-4-20(17)25/h1-13H,14H2/b21-13-. The number of benzene rings is 3. The Morgan fingerprint density at radius 3 is 2.38 bits per heavy atom. The van der Waals surface area contributed by atoms with E-state index in [1.54, 1.807) is 6.08 Å². The zero-order valence-electron chi connectivity index (χ0n) is 15.1. The fourth-order valence-corrected chi connectivity index (χ4v) is 3.38. The molecule has 0 saturated carbocycles. The van der Waals surface area contributed by atoms with Crippen molar-refractivity contribution in [3.63, 3.8) is 0 Å². The Labute approximate surface area is 185 Å². The summed E-state index contributed by atoms with van der Waals surface area (Å²) in [5.41, 5.74) is 2.93. The van der Waals surface area contributed by atoms with Crippen LogP contribution in [-0.2, 0) is 16.1 Å². The molecule has 1 aliphatic rings. The van der Waals surface area contributed by atoms with Crippen LogP contribution in [0.15, 0.2) is 92.4 Å². The maximum Gasteiger partial charge on any atom is 0.363 e. The van der Waals surface area contributed by atoms with Gasteiger partial charge in [-0.15, -0.1) is 0 Å². The molecular formula is C23H15Br2NO3. The molecular weight excluding hydrogens is 498 g/mol. The average Bonchev–Trinajstić information content (AvgIpc) is 3.09. The van der Waals surface area contributed by atoms with Gasteiger partial charge in [-0.2, -0.15) is 0 Å². The topological polar surface area (TPSA) is 47.9 Å². The lowest BCUT2D eigenvalue weighted by Gasteiger charge is -2.08. The lowest BCUT2D eigenvalue weighted by Crippen LogP contribution is -2.05. The van der Waals surface area contributed by atoms with Crippen molar-refractivity contribution < 1.29 is 14.3 Å². The summed E-state index contributed by atoms with van der Waals surface area (Å²) in [6, 6.07) is 22.9. The molecule has 0 radical (unpaired) electrons. The number of aliphatic imine (C=N–C) groups is 1. The van der Waals surface area contributed by atoms with Gasteiger partial charge in [-0.1, -0.05) is 62.2 Å². The van der Waals surface area contributed by atoms with Crippen LogP contribution >= 0.6 is 31.9 Å². The fraction of sp³-hybridized carbons (Fsp3) is 0.0435. The van der Waals surface area contributed by atoms with Crippen molar-refractivity contribution in [2.75, 3.05) is 0 Å². The van der Waals surface area contributed by atoms with Crippen LogP contribution in [-0.4, -0.2) is 11.9 Å². The first-order valence-corrected chi connectivity index (χ1v) is 10.4. The number of halogens is 2. The normalized spacial score (nSPS) is 14.6. The van der Waals surface area contributed by atoms with Gasteiger partial charge in [0, 0.05) is 20.1 Å². The van der Waals surface area contributed by atoms with Gasteiger partial charge in [-0.25, -0.2) is 9.79 Å². The first-order valence-electron chi connectivity index (χ1n) is 8.83. The number of hydrogen-bond donors (Lipinski definition) is 0. The summed E-state index contributed by atoms with van der Waals surface area (Å²) in [6.07, 6.45) is 1.70. The average molecular weight is 513 g/mol. The minimum Gasteiger partial charge on any atom is -0.489 e. The number of nitrogens with zero attached hydrogens (tertiary/aromatic N) is 1. The molecule has 4 nitrogen and oxygen atoms in total. The molecule has 0 N–H and O–H groups in total. The minimum atomic E-state index is -0.461. The van der Waals surface area contributed by atoms with Crippen molar-refractivity contribution in [1.29, 1.82) is 0 Å². The van der Waals surface area contributed by atoms with Crippen molar-refractivity contribution >= 4 is 49.8 Å². The van der Waals surface area contributed by atoms with Crippen LogP contribution in [0.5, 0.6) is 5.75 Å². The Bertz CT molecular complexity index is 1100. The second-order valence-corrected chi connectivity index (χ2v) is 8.06. The molecule has 0 atom stereocenters. The number of carbonyl (C=O) groups excluding carboxylic acids is 1. The summed E-state index contributed by atoms with van der Waals surface area (Å²) in [4.78, 5) is 16.5. The maximum absolute atomic E-state index is 12.1. The van der Waals surface area contributed by atoms with Crippen molar-refractivity contribution in [3.8, 4) is 5.75 Å². The van der Waals surface area contributed by atoms with Gasteiger partial charge in [0.1, 0.15) is 12.4 Å². The smallest absolute Gasteiger partial charge is 0.363 e. The van der Waals surface area contributed by atoms with Crippen LogP contribution in [0.3, 0.4) is 0 Å². The fourth-order valence-electron chi connectivity index (χ4n) is 2.72. The molecule has 3 aromatic rings. The van der Waals surface area contributed by atoms with Gasteiger partial charge in [0.25, 0.3) is 0 Å². The van der Waals surface area contributed by atoms with Gasteiger partial charge in [0.2, 0.25) is 5.90 Å². The molecule has 4 rings (SSSR count). The number of cyclic esters (lactones) is 1. The molecule has 0 amide bonds. The molecule has 0 saturated heterocycles. The lowest BCUT2D eigenvalue weighted by molar-refractivity contribution is -0.129. The lowest BCUT2D eigenvalue weighted by atomic mass is 10.2. The Kier molecular flexibility index (Phi) is 5.92. The molecule has 0 unspecified atom stereocenters. The summed E-state index contributed by atoms with van der Waals surface area (Å²) in [5, 5.41) is 0. The third-order valence-corrected chi connectivity index (χ3v) is 5.55. The maximum atomic E-state index is 12.1. The van der Waals surface area contributed by atoms with E-state index in [1.807, 2.05) is 72.8 Å². The van der Waals surface area contributed by atoms with Gasteiger partial charge in [0.15, 0.2) is 5.70 Å². The van der Waals surface area contributed by atoms with E-state index in [4.69, 9.17) is 9.47 Å². The molecule has 29 heavy (non-hydrogen) atoms. The summed E-state index contributed by atoms with van der Waals surface area (Å²) < 4.78 is 13.1. The Morgan fingerprint density at radius 2 is 1.66 bits per heavy atom. The largest absolute Gasteiger partial charge is 0.489 e. The van der Waals surface area contributed by atoms with Crippen molar-refractivity contribution in [1.82, 2.24) is 0 Å². The van der Waals surface area contributed by atoms with Crippen LogP contribution in [0.25, 0.3) is 6.08 Å². The Morgan fingerprint density at radius 1 is 0.931 bits per heavy atom. The first kappa shape index (κ1) is 19.6. The zero-order chi connectivity index (χ0) is 20.2. The quantitative estimate of drug-likeness (QED) is 0.305. The van der Waals surface area contributed by atoms with Gasteiger partial charge in [-0.3, -0.25) is 0 Å². The number of hydrogen-bond acceptors (Lipinski definition) is 4. The highest BCUT2D eigenvalue weighted by molar-refractivity contribution is 9.10. The predicted molar refractivity (Wildman–Crippen MR) is 120 cm³/mol. The summed E-state index contributed by atoms with van der Waals surface area (Å²) in [7, 11) is 0. The van der Waals surface area contributed by atoms with Crippen molar-refractivity contribution in [2.24, 2.45) is 4.99 Å². The van der Waals surface area contributed by atoms with E-state index in [0.717, 1.165) is 31.4 Å². The summed E-state index contributed by atoms with van der Waals surface area (Å²) in [5.74, 6) is 0.593. The molecule has 3 aromatic carbocycles. The van der Waals surface area contributed by atoms with Gasteiger partial charge < -0.3 is 9.47 Å².